The number of rotatable bonds is 3. The second-order valence-electron chi connectivity index (χ2n) is 6.21. The lowest BCUT2D eigenvalue weighted by atomic mass is 10.2. The maximum atomic E-state index is 12.2. The molecule has 5 heteroatoms. The second kappa shape index (κ2) is 4.72. The number of furan rings is 1. The minimum Gasteiger partial charge on any atom is -0.461 e. The quantitative estimate of drug-likeness (QED) is 0.640. The van der Waals surface area contributed by atoms with E-state index >= 15 is 0 Å². The van der Waals surface area contributed by atoms with E-state index in [1.165, 1.54) is 17.6 Å². The molecular weight excluding hydrogens is 274 g/mol. The van der Waals surface area contributed by atoms with Gasteiger partial charge in [0.05, 0.1) is 15.8 Å². The van der Waals surface area contributed by atoms with Gasteiger partial charge >= 0.3 is 0 Å². The Kier molecular flexibility index (Phi) is 3.53. The molecule has 0 fully saturated rings. The molecule has 0 saturated carbocycles. The highest BCUT2D eigenvalue weighted by molar-refractivity contribution is 7.27. The van der Waals surface area contributed by atoms with Crippen LogP contribution >= 0.6 is 11.3 Å². The lowest BCUT2D eigenvalue weighted by molar-refractivity contribution is 0.101. The van der Waals surface area contributed by atoms with Gasteiger partial charge in [-0.05, 0) is 17.2 Å². The van der Waals surface area contributed by atoms with E-state index in [0.29, 0.717) is 10.6 Å². The van der Waals surface area contributed by atoms with Crippen LogP contribution in [0.4, 0.5) is 0 Å². The summed E-state index contributed by atoms with van der Waals surface area (Å²) in [5, 5.41) is 0.218. The van der Waals surface area contributed by atoms with Crippen molar-refractivity contribution >= 4 is 29.8 Å². The number of thiazole rings is 1. The Labute approximate surface area is 118 Å². The van der Waals surface area contributed by atoms with Gasteiger partial charge in [-0.1, -0.05) is 33.9 Å². The molecule has 0 aliphatic rings. The highest BCUT2D eigenvalue weighted by Crippen LogP contribution is 2.36. The predicted molar refractivity (Wildman–Crippen MR) is 81.1 cm³/mol. The Morgan fingerprint density at radius 2 is 2.05 bits per heavy atom. The summed E-state index contributed by atoms with van der Waals surface area (Å²) >= 11 is 1.51. The normalized spacial score (nSPS) is 12.7. The van der Waals surface area contributed by atoms with Crippen molar-refractivity contribution < 1.29 is 9.21 Å². The van der Waals surface area contributed by atoms with Gasteiger partial charge in [0, 0.05) is 6.20 Å². The third-order valence-electron chi connectivity index (χ3n) is 3.88. The van der Waals surface area contributed by atoms with E-state index in [-0.39, 0.29) is 10.8 Å². The third kappa shape index (κ3) is 2.57. The molecule has 0 aliphatic carbocycles. The fraction of sp³-hybridized carbons (Fsp3) is 0.429. The predicted octanol–water partition coefficient (Wildman–Crippen LogP) is 3.68. The number of carbonyl (C=O) groups is 1. The molecule has 0 amide bonds. The molecule has 0 bridgehead atoms. The first-order valence-electron chi connectivity index (χ1n) is 6.28. The van der Waals surface area contributed by atoms with E-state index in [9.17, 15) is 4.79 Å². The number of hydrogen-bond acceptors (Lipinski definition) is 4. The first kappa shape index (κ1) is 14.2. The molecule has 2 rings (SSSR count). The molecule has 0 atom stereocenters. The smallest absolute Gasteiger partial charge is 0.239 e. The molecule has 3 nitrogen and oxygen atoms in total. The van der Waals surface area contributed by atoms with Gasteiger partial charge in [0.1, 0.15) is 8.07 Å². The molecule has 2 aromatic heterocycles. The zero-order valence-electron chi connectivity index (χ0n) is 12.0. The van der Waals surface area contributed by atoms with Gasteiger partial charge in [-0.15, -0.1) is 11.3 Å². The molecule has 19 heavy (non-hydrogen) atoms. The Balaban J connectivity index is 2.32. The Bertz CT molecular complexity index is 579. The van der Waals surface area contributed by atoms with E-state index in [4.69, 9.17) is 4.42 Å². The fourth-order valence-corrected chi connectivity index (χ4v) is 5.43. The van der Waals surface area contributed by atoms with Crippen molar-refractivity contribution in [3.05, 3.63) is 35.2 Å². The SMILES string of the molecule is CC(C)(C)[Si](C)(C)c1ncc(C(=O)c2ccco2)s1. The molecule has 0 aliphatic heterocycles. The van der Waals surface area contributed by atoms with Crippen LogP contribution in [0.5, 0.6) is 0 Å². The molecule has 0 radical (unpaired) electrons. The van der Waals surface area contributed by atoms with E-state index < -0.39 is 8.07 Å². The van der Waals surface area contributed by atoms with Crippen molar-refractivity contribution in [1.82, 2.24) is 4.98 Å². The van der Waals surface area contributed by atoms with Crippen LogP contribution in [0, 0.1) is 0 Å². The van der Waals surface area contributed by atoms with Crippen LogP contribution in [0.2, 0.25) is 18.1 Å². The summed E-state index contributed by atoms with van der Waals surface area (Å²) in [6, 6.07) is 3.41. The minimum absolute atomic E-state index is 0.0764. The van der Waals surface area contributed by atoms with E-state index in [1.54, 1.807) is 18.3 Å². The molecular formula is C14H19NO2SSi. The van der Waals surface area contributed by atoms with E-state index in [0.717, 1.165) is 4.63 Å². The van der Waals surface area contributed by atoms with Gasteiger partial charge in [0.25, 0.3) is 0 Å². The van der Waals surface area contributed by atoms with Crippen LogP contribution in [0.25, 0.3) is 0 Å². The first-order chi connectivity index (χ1) is 8.73. The van der Waals surface area contributed by atoms with Gasteiger partial charge in [-0.25, -0.2) is 0 Å². The Morgan fingerprint density at radius 3 is 2.58 bits per heavy atom. The second-order valence-corrected chi connectivity index (χ2v) is 12.8. The molecule has 0 aromatic carbocycles. The summed E-state index contributed by atoms with van der Waals surface area (Å²) in [6.45, 7) is 11.3. The maximum Gasteiger partial charge on any atom is 0.239 e. The Hall–Kier alpha value is -1.20. The average Bonchev–Trinajstić information content (AvgIpc) is 2.98. The van der Waals surface area contributed by atoms with E-state index in [1.807, 2.05) is 0 Å². The number of nitrogens with zero attached hydrogens (tertiary/aromatic N) is 1. The fourth-order valence-electron chi connectivity index (χ4n) is 1.52. The van der Waals surface area contributed by atoms with Gasteiger partial charge in [0.2, 0.25) is 5.78 Å². The zero-order valence-corrected chi connectivity index (χ0v) is 13.8. The van der Waals surface area contributed by atoms with Crippen LogP contribution in [-0.4, -0.2) is 18.8 Å². The maximum absolute atomic E-state index is 12.2. The molecule has 2 aromatic rings. The topological polar surface area (TPSA) is 43.1 Å². The number of aromatic nitrogens is 1. The van der Waals surface area contributed by atoms with Crippen molar-refractivity contribution in [2.45, 2.75) is 38.9 Å². The van der Waals surface area contributed by atoms with Gasteiger partial charge in [-0.2, -0.15) is 0 Å². The van der Waals surface area contributed by atoms with Gasteiger partial charge in [-0.3, -0.25) is 9.78 Å². The Morgan fingerprint density at radius 1 is 1.37 bits per heavy atom. The van der Waals surface area contributed by atoms with Crippen LogP contribution in [0.15, 0.2) is 29.0 Å². The standard InChI is InChI=1S/C14H19NO2SSi/c1-14(2,3)19(4,5)13-15-9-11(18-13)12(16)10-7-6-8-17-10/h6-9H,1-5H3. The average molecular weight is 293 g/mol. The summed E-state index contributed by atoms with van der Waals surface area (Å²) < 4.78 is 6.27. The van der Waals surface area contributed by atoms with Crippen LogP contribution in [-0.2, 0) is 0 Å². The summed E-state index contributed by atoms with van der Waals surface area (Å²) in [7, 11) is -1.67. The summed E-state index contributed by atoms with van der Waals surface area (Å²) in [5.74, 6) is 0.304. The summed E-state index contributed by atoms with van der Waals surface area (Å²) in [4.78, 5) is 17.4. The molecule has 0 saturated heterocycles. The molecule has 0 unspecified atom stereocenters. The summed E-state index contributed by atoms with van der Waals surface area (Å²) in [6.07, 6.45) is 3.20. The highest BCUT2D eigenvalue weighted by atomic mass is 32.1. The number of carbonyl (C=O) groups excluding carboxylic acids is 1. The van der Waals surface area contributed by atoms with Crippen molar-refractivity contribution in [3.8, 4) is 0 Å². The number of hydrogen-bond donors (Lipinski definition) is 0. The molecule has 102 valence electrons. The monoisotopic (exact) mass is 293 g/mol. The van der Waals surface area contributed by atoms with Gasteiger partial charge in [0.15, 0.2) is 5.76 Å². The van der Waals surface area contributed by atoms with Crippen LogP contribution in [0.1, 0.15) is 36.2 Å². The zero-order chi connectivity index (χ0) is 14.3. The van der Waals surface area contributed by atoms with Crippen molar-refractivity contribution in [1.29, 1.82) is 0 Å². The lowest BCUT2D eigenvalue weighted by Crippen LogP contribution is -2.49. The summed E-state index contributed by atoms with van der Waals surface area (Å²) in [5.41, 5.74) is 0. The molecule has 2 heterocycles. The van der Waals surface area contributed by atoms with Gasteiger partial charge < -0.3 is 4.42 Å². The van der Waals surface area contributed by atoms with E-state index in [2.05, 4.69) is 38.8 Å². The first-order valence-corrected chi connectivity index (χ1v) is 10.1. The van der Waals surface area contributed by atoms with Crippen molar-refractivity contribution in [3.63, 3.8) is 0 Å². The van der Waals surface area contributed by atoms with Crippen LogP contribution < -0.4 is 4.63 Å². The minimum atomic E-state index is -1.67. The molecule has 0 N–H and O–H groups in total. The largest absolute Gasteiger partial charge is 0.461 e. The third-order valence-corrected chi connectivity index (χ3v) is 11.5. The molecule has 0 spiro atoms. The van der Waals surface area contributed by atoms with Crippen molar-refractivity contribution in [2.24, 2.45) is 0 Å². The van der Waals surface area contributed by atoms with Crippen LogP contribution in [0.3, 0.4) is 0 Å². The lowest BCUT2D eigenvalue weighted by Gasteiger charge is -2.34. The van der Waals surface area contributed by atoms with Crippen molar-refractivity contribution in [2.75, 3.05) is 0 Å². The highest BCUT2D eigenvalue weighted by Gasteiger charge is 2.40. The number of ketones is 1.